The van der Waals surface area contributed by atoms with E-state index in [-0.39, 0.29) is 72.1 Å². The van der Waals surface area contributed by atoms with Gasteiger partial charge in [-0.3, -0.25) is 43.7 Å². The largest absolute Gasteiger partial charge is 0.312 e. The lowest BCUT2D eigenvalue weighted by molar-refractivity contribution is -0.132. The van der Waals surface area contributed by atoms with E-state index in [0.29, 0.717) is 104 Å². The van der Waals surface area contributed by atoms with Gasteiger partial charge in [-0.1, -0.05) is 96.1 Å². The topological polar surface area (TPSA) is 151 Å². The number of rotatable bonds is 12. The molecule has 12 nitrogen and oxygen atoms in total. The number of anilines is 3. The molecule has 4 aliphatic rings. The van der Waals surface area contributed by atoms with E-state index in [4.69, 9.17) is 15.0 Å². The number of benzene rings is 6. The van der Waals surface area contributed by atoms with Crippen molar-refractivity contribution >= 4 is 84.5 Å². The van der Waals surface area contributed by atoms with Gasteiger partial charge in [-0.2, -0.15) is 0 Å². The summed E-state index contributed by atoms with van der Waals surface area (Å²) in [5.41, 5.74) is 8.85. The summed E-state index contributed by atoms with van der Waals surface area (Å²) in [5.74, 6) is -3.58. The van der Waals surface area contributed by atoms with Crippen LogP contribution in [-0.2, 0) is 14.4 Å². The number of carbonyl (C=O) groups is 6. The third-order valence-electron chi connectivity index (χ3n) is 16.7. The highest BCUT2D eigenvalue weighted by Crippen LogP contribution is 2.45. The molecule has 12 heteroatoms. The molecule has 0 atom stereocenters. The molecular weight excluding hydrogens is 1010 g/mol. The number of amides is 3. The van der Waals surface area contributed by atoms with Gasteiger partial charge in [-0.25, -0.2) is 0 Å². The summed E-state index contributed by atoms with van der Waals surface area (Å²) >= 11 is 0. The van der Waals surface area contributed by atoms with Crippen molar-refractivity contribution in [2.24, 2.45) is 35.5 Å². The van der Waals surface area contributed by atoms with Crippen LogP contribution in [0.25, 0.3) is 66.1 Å². The summed E-state index contributed by atoms with van der Waals surface area (Å²) in [4.78, 5) is 110. The van der Waals surface area contributed by atoms with Gasteiger partial charge >= 0.3 is 0 Å². The lowest BCUT2D eigenvalue weighted by Gasteiger charge is -2.40. The quantitative estimate of drug-likeness (QED) is 0.116. The number of hydrogen-bond donors (Lipinski definition) is 0. The third kappa shape index (κ3) is 8.61. The van der Waals surface area contributed by atoms with Gasteiger partial charge in [0.25, 0.3) is 0 Å². The maximum atomic E-state index is 15.8. The first-order chi connectivity index (χ1) is 39.1. The second-order valence-corrected chi connectivity index (χ2v) is 23.7. The van der Waals surface area contributed by atoms with Crippen molar-refractivity contribution in [3.05, 3.63) is 179 Å². The number of fused-ring (bicyclic) bond motifs is 6. The molecule has 0 N–H and O–H groups in total. The molecule has 3 amide bonds. The Hall–Kier alpha value is -9.03. The lowest BCUT2D eigenvalue weighted by Crippen LogP contribution is -2.49. The summed E-state index contributed by atoms with van der Waals surface area (Å²) in [7, 11) is 0. The van der Waals surface area contributed by atoms with Crippen LogP contribution in [0.1, 0.15) is 109 Å². The molecule has 402 valence electrons. The van der Waals surface area contributed by atoms with E-state index in [9.17, 15) is 14.4 Å². The van der Waals surface area contributed by atoms with Crippen LogP contribution < -0.4 is 14.7 Å². The van der Waals surface area contributed by atoms with Crippen molar-refractivity contribution in [2.45, 2.75) is 60.8 Å². The number of hydrogen-bond acceptors (Lipinski definition) is 9. The van der Waals surface area contributed by atoms with E-state index in [0.717, 1.165) is 32.3 Å². The van der Waals surface area contributed by atoms with E-state index < -0.39 is 17.8 Å². The first kappa shape index (κ1) is 51.4. The van der Waals surface area contributed by atoms with Crippen LogP contribution in [0.4, 0.5) is 17.1 Å². The van der Waals surface area contributed by atoms with Crippen molar-refractivity contribution in [1.29, 1.82) is 0 Å². The molecule has 81 heavy (non-hydrogen) atoms. The Kier molecular flexibility index (Phi) is 12.7. The van der Waals surface area contributed by atoms with Gasteiger partial charge in [0.15, 0.2) is 17.3 Å². The predicted molar refractivity (Wildman–Crippen MR) is 318 cm³/mol. The zero-order chi connectivity index (χ0) is 56.1. The fourth-order valence-electron chi connectivity index (χ4n) is 13.2. The van der Waals surface area contributed by atoms with Crippen molar-refractivity contribution in [1.82, 2.24) is 15.0 Å². The number of pyridine rings is 3. The molecule has 4 aliphatic carbocycles. The van der Waals surface area contributed by atoms with Crippen LogP contribution in [0.3, 0.4) is 0 Å². The number of nitrogens with zero attached hydrogens (tertiary/aromatic N) is 6. The maximum Gasteiger partial charge on any atom is 0.230 e. The Labute approximate surface area is 469 Å². The predicted octanol–water partition coefficient (Wildman–Crippen LogP) is 13.4. The van der Waals surface area contributed by atoms with Gasteiger partial charge in [-0.05, 0) is 126 Å². The van der Waals surface area contributed by atoms with Crippen LogP contribution in [0, 0.1) is 35.5 Å². The van der Waals surface area contributed by atoms with Gasteiger partial charge in [0.1, 0.15) is 0 Å². The molecular formula is C69H60N6O6. The summed E-state index contributed by atoms with van der Waals surface area (Å²) in [6, 6.07) is 39.4. The van der Waals surface area contributed by atoms with Crippen LogP contribution in [0.5, 0.6) is 0 Å². The minimum Gasteiger partial charge on any atom is -0.312 e. The second kappa shape index (κ2) is 20.0. The molecule has 0 bridgehead atoms. The molecule has 0 saturated heterocycles. The fourth-order valence-corrected chi connectivity index (χ4v) is 13.2. The molecule has 0 unspecified atom stereocenters. The first-order valence-corrected chi connectivity index (χ1v) is 28.3. The first-order valence-electron chi connectivity index (χ1n) is 28.3. The van der Waals surface area contributed by atoms with Gasteiger partial charge < -0.3 is 14.7 Å². The molecule has 3 aromatic heterocycles. The number of carbonyl (C=O) groups excluding carboxylic acids is 6. The van der Waals surface area contributed by atoms with Gasteiger partial charge in [-0.15, -0.1) is 0 Å². The van der Waals surface area contributed by atoms with Crippen molar-refractivity contribution in [3.63, 3.8) is 0 Å². The van der Waals surface area contributed by atoms with E-state index in [1.54, 1.807) is 51.5 Å². The summed E-state index contributed by atoms with van der Waals surface area (Å²) in [5, 5.41) is 5.17. The minimum absolute atomic E-state index is 0.0000715. The minimum atomic E-state index is -0.800. The maximum absolute atomic E-state index is 15.8. The fraction of sp³-hybridized carbons (Fsp3) is 0.261. The van der Waals surface area contributed by atoms with Crippen molar-refractivity contribution < 1.29 is 28.8 Å². The molecule has 6 aromatic carbocycles. The lowest BCUT2D eigenvalue weighted by atomic mass is 9.73. The Bertz CT molecular complexity index is 3750. The average Bonchev–Trinajstić information content (AvgIpc) is 3.57. The van der Waals surface area contributed by atoms with Crippen LogP contribution in [-0.4, -0.2) is 69.7 Å². The third-order valence-corrected chi connectivity index (χ3v) is 16.7. The highest BCUT2D eigenvalue weighted by atomic mass is 16.2. The molecule has 1 fully saturated rings. The van der Waals surface area contributed by atoms with Crippen LogP contribution in [0.2, 0.25) is 0 Å². The van der Waals surface area contributed by atoms with Crippen LogP contribution in [0.15, 0.2) is 146 Å². The van der Waals surface area contributed by atoms with Crippen LogP contribution >= 0.6 is 0 Å². The zero-order valence-electron chi connectivity index (χ0n) is 46.2. The highest BCUT2D eigenvalue weighted by molar-refractivity contribution is 6.28. The Morgan fingerprint density at radius 3 is 0.938 bits per heavy atom. The molecule has 0 spiro atoms. The molecule has 1 saturated carbocycles. The van der Waals surface area contributed by atoms with E-state index >= 15 is 14.4 Å². The van der Waals surface area contributed by atoms with Crippen molar-refractivity contribution in [3.8, 4) is 33.8 Å². The standard InChI is InChI=1S/C69H60N6O6/c1-37(2)34-73(46-16-19-49-55(31-46)64(76)52-13-7-10-40-22-25-70-61(49)58(40)52)67(79)43-28-44(68(80)74(35-38(3)4)47-17-20-50-56(32-47)65(77)53-14-8-11-41-23-26-71-62(50)59(41)53)30-45(29-43)69(81)75(36-39(5)6)48-18-21-51-57(33-48)66(78)54-15-9-12-42-24-27-72-63(51)60(42)54/h7-27,31-33,37-39,43-45H,28-30,34-36H2,1-6H3. The average molecular weight is 1070 g/mol. The number of ketones is 3. The molecule has 9 aromatic rings. The van der Waals surface area contributed by atoms with E-state index in [1.165, 1.54) is 0 Å². The van der Waals surface area contributed by atoms with Crippen molar-refractivity contribution in [2.75, 3.05) is 34.3 Å². The molecule has 3 heterocycles. The Morgan fingerprint density at radius 2 is 0.667 bits per heavy atom. The Balaban J connectivity index is 0.893. The second-order valence-electron chi connectivity index (χ2n) is 23.7. The molecule has 0 radical (unpaired) electrons. The smallest absolute Gasteiger partial charge is 0.230 e. The molecule has 13 rings (SSSR count). The summed E-state index contributed by atoms with van der Waals surface area (Å²) in [6.07, 6.45) is 5.72. The SMILES string of the molecule is CC(C)CN(C(=O)C1CC(C(=O)N(CC(C)C)c2ccc3c(c2)C(=O)c2cccc4ccnc-3c24)CC(C(=O)N(CC(C)C)c2ccc3c(c2)C(=O)c2cccc4ccnc-3c24)C1)c1ccc2c(c1)C(=O)c1cccc3ccnc-2c13. The van der Waals surface area contributed by atoms with E-state index in [1.807, 2.05) is 151 Å². The van der Waals surface area contributed by atoms with Gasteiger partial charge in [0, 0.05) is 139 Å². The zero-order valence-corrected chi connectivity index (χ0v) is 46.2. The highest BCUT2D eigenvalue weighted by Gasteiger charge is 2.44. The van der Waals surface area contributed by atoms with E-state index in [2.05, 4.69) is 0 Å². The summed E-state index contributed by atoms with van der Waals surface area (Å²) in [6.45, 7) is 13.2. The monoisotopic (exact) mass is 1070 g/mol. The van der Waals surface area contributed by atoms with Gasteiger partial charge in [0.2, 0.25) is 17.7 Å². The molecule has 0 aliphatic heterocycles. The normalized spacial score (nSPS) is 16.7. The van der Waals surface area contributed by atoms with Gasteiger partial charge in [0.05, 0.1) is 17.1 Å². The Morgan fingerprint density at radius 1 is 0.383 bits per heavy atom. The summed E-state index contributed by atoms with van der Waals surface area (Å²) < 4.78 is 0. The number of aromatic nitrogens is 3.